The molecule has 0 aliphatic carbocycles. The number of halogens is 2. The Balaban J connectivity index is 2.15. The van der Waals surface area contributed by atoms with Crippen LogP contribution in [0.1, 0.15) is 33.4 Å². The molecule has 0 aromatic carbocycles. The lowest BCUT2D eigenvalue weighted by molar-refractivity contribution is -0.0448. The highest BCUT2D eigenvalue weighted by atomic mass is 127. The summed E-state index contributed by atoms with van der Waals surface area (Å²) in [4.78, 5) is 8.27. The molecule has 7 heteroatoms. The highest BCUT2D eigenvalue weighted by molar-refractivity contribution is 14.1. The number of nitrogens with two attached hydrogens (primary N) is 1. The predicted molar refractivity (Wildman–Crippen MR) is 87.5 cm³/mol. The average Bonchev–Trinajstić information content (AvgIpc) is 2.87. The molecule has 2 aromatic rings. The first-order chi connectivity index (χ1) is 9.87. The summed E-state index contributed by atoms with van der Waals surface area (Å²) in [5, 5.41) is 0.755. The monoisotopic (exact) mass is 404 g/mol. The van der Waals surface area contributed by atoms with Crippen molar-refractivity contribution in [3.63, 3.8) is 0 Å². The van der Waals surface area contributed by atoms with E-state index in [1.165, 1.54) is 6.33 Å². The highest BCUT2D eigenvalue weighted by Crippen LogP contribution is 2.47. The van der Waals surface area contributed by atoms with E-state index in [2.05, 4.69) is 32.6 Å². The Kier molecular flexibility index (Phi) is 3.59. The highest BCUT2D eigenvalue weighted by Gasteiger charge is 2.52. The predicted octanol–water partition coefficient (Wildman–Crippen LogP) is 3.29. The van der Waals surface area contributed by atoms with Crippen molar-refractivity contribution < 1.29 is 9.13 Å². The molecule has 1 aliphatic heterocycles. The summed E-state index contributed by atoms with van der Waals surface area (Å²) in [7, 11) is 0. The van der Waals surface area contributed by atoms with Gasteiger partial charge in [0.05, 0.1) is 11.5 Å². The topological polar surface area (TPSA) is 66.0 Å². The van der Waals surface area contributed by atoms with Crippen LogP contribution in [0.3, 0.4) is 0 Å². The molecule has 1 aliphatic rings. The SMILES string of the molecule is CC[C@H]1O[C@@H](n2cc(I)c3c(N)ncnc32)[C@](C)(F)[C@@H]1C. The van der Waals surface area contributed by atoms with Crippen LogP contribution in [0.4, 0.5) is 10.2 Å². The molecule has 0 spiro atoms. The smallest absolute Gasteiger partial charge is 0.169 e. The summed E-state index contributed by atoms with van der Waals surface area (Å²) in [5.41, 5.74) is 5.07. The van der Waals surface area contributed by atoms with Gasteiger partial charge in [0.1, 0.15) is 17.8 Å². The Bertz CT molecular complexity index is 687. The first kappa shape index (κ1) is 15.0. The number of ether oxygens (including phenoxy) is 1. The molecular formula is C14H18FIN4O. The molecular weight excluding hydrogens is 386 g/mol. The molecule has 0 radical (unpaired) electrons. The quantitative estimate of drug-likeness (QED) is 0.781. The molecule has 0 bridgehead atoms. The minimum absolute atomic E-state index is 0.0979. The number of hydrogen-bond acceptors (Lipinski definition) is 4. The second-order valence-corrected chi connectivity index (χ2v) is 6.88. The van der Waals surface area contributed by atoms with Crippen molar-refractivity contribution in [1.82, 2.24) is 14.5 Å². The van der Waals surface area contributed by atoms with Gasteiger partial charge >= 0.3 is 0 Å². The van der Waals surface area contributed by atoms with Crippen molar-refractivity contribution in [3.05, 3.63) is 16.1 Å². The molecule has 4 atom stereocenters. The zero-order valence-corrected chi connectivity index (χ0v) is 14.3. The molecule has 0 saturated carbocycles. The Morgan fingerprint density at radius 1 is 1.52 bits per heavy atom. The normalized spacial score (nSPS) is 32.9. The van der Waals surface area contributed by atoms with Gasteiger partial charge in [-0.05, 0) is 35.9 Å². The molecule has 21 heavy (non-hydrogen) atoms. The van der Waals surface area contributed by atoms with E-state index in [1.54, 1.807) is 11.5 Å². The fourth-order valence-corrected chi connectivity index (χ4v) is 3.85. The molecule has 3 rings (SSSR count). The van der Waals surface area contributed by atoms with Crippen molar-refractivity contribution in [2.45, 2.75) is 45.2 Å². The minimum atomic E-state index is -1.46. The zero-order valence-electron chi connectivity index (χ0n) is 12.2. The van der Waals surface area contributed by atoms with E-state index in [-0.39, 0.29) is 12.0 Å². The number of hydrogen-bond donors (Lipinski definition) is 1. The van der Waals surface area contributed by atoms with Crippen LogP contribution in [-0.4, -0.2) is 26.3 Å². The number of nitrogen functional groups attached to an aromatic ring is 1. The number of aromatic nitrogens is 3. The van der Waals surface area contributed by atoms with E-state index in [4.69, 9.17) is 10.5 Å². The number of anilines is 1. The van der Waals surface area contributed by atoms with Crippen LogP contribution < -0.4 is 5.73 Å². The van der Waals surface area contributed by atoms with Crippen LogP contribution in [-0.2, 0) is 4.74 Å². The maximum atomic E-state index is 15.2. The van der Waals surface area contributed by atoms with Crippen LogP contribution in [0.2, 0.25) is 0 Å². The van der Waals surface area contributed by atoms with Crippen molar-refractivity contribution in [3.8, 4) is 0 Å². The van der Waals surface area contributed by atoms with Gasteiger partial charge in [0.25, 0.3) is 0 Å². The molecule has 5 nitrogen and oxygen atoms in total. The summed E-state index contributed by atoms with van der Waals surface area (Å²) >= 11 is 2.16. The van der Waals surface area contributed by atoms with Gasteiger partial charge in [-0.2, -0.15) is 0 Å². The van der Waals surface area contributed by atoms with Gasteiger partial charge in [0, 0.05) is 15.7 Å². The van der Waals surface area contributed by atoms with E-state index in [0.717, 1.165) is 15.4 Å². The summed E-state index contributed by atoms with van der Waals surface area (Å²) in [5.74, 6) is 0.226. The minimum Gasteiger partial charge on any atom is -0.383 e. The van der Waals surface area contributed by atoms with Gasteiger partial charge < -0.3 is 15.0 Å². The lowest BCUT2D eigenvalue weighted by Crippen LogP contribution is -2.33. The standard InChI is InChI=1S/C14H18FIN4O/c1-4-9-7(2)14(3,15)13(21-9)20-5-8(16)10-11(17)18-6-19-12(10)20/h5-7,9,13H,4H2,1-3H3,(H2,17,18,19)/t7-,9-,13-,14-/m1/s1. The van der Waals surface area contributed by atoms with E-state index in [0.29, 0.717) is 11.5 Å². The van der Waals surface area contributed by atoms with E-state index < -0.39 is 11.9 Å². The Morgan fingerprint density at radius 2 is 2.24 bits per heavy atom. The number of alkyl halides is 1. The largest absolute Gasteiger partial charge is 0.383 e. The van der Waals surface area contributed by atoms with Gasteiger partial charge in [-0.1, -0.05) is 13.8 Å². The van der Waals surface area contributed by atoms with Crippen molar-refractivity contribution in [2.75, 3.05) is 5.73 Å². The van der Waals surface area contributed by atoms with E-state index in [9.17, 15) is 0 Å². The molecule has 0 unspecified atom stereocenters. The fraction of sp³-hybridized carbons (Fsp3) is 0.571. The van der Waals surface area contributed by atoms with Crippen LogP contribution >= 0.6 is 22.6 Å². The van der Waals surface area contributed by atoms with Crippen molar-refractivity contribution in [2.24, 2.45) is 5.92 Å². The van der Waals surface area contributed by atoms with Crippen molar-refractivity contribution in [1.29, 1.82) is 0 Å². The average molecular weight is 404 g/mol. The summed E-state index contributed by atoms with van der Waals surface area (Å²) in [6.07, 6.45) is 3.22. The molecule has 1 fully saturated rings. The van der Waals surface area contributed by atoms with E-state index in [1.807, 2.05) is 20.0 Å². The Morgan fingerprint density at radius 3 is 2.86 bits per heavy atom. The van der Waals surface area contributed by atoms with Crippen LogP contribution in [0.15, 0.2) is 12.5 Å². The molecule has 2 N–H and O–H groups in total. The zero-order chi connectivity index (χ0) is 15.4. The summed E-state index contributed by atoms with van der Waals surface area (Å²) < 4.78 is 23.8. The third kappa shape index (κ3) is 2.12. The second kappa shape index (κ2) is 5.05. The van der Waals surface area contributed by atoms with E-state index >= 15 is 4.39 Å². The van der Waals surface area contributed by atoms with Crippen LogP contribution in [0.25, 0.3) is 11.0 Å². The molecule has 2 aromatic heterocycles. The number of fused-ring (bicyclic) bond motifs is 1. The van der Waals surface area contributed by atoms with Gasteiger partial charge in [0.2, 0.25) is 0 Å². The third-order valence-corrected chi connectivity index (χ3v) is 5.30. The maximum absolute atomic E-state index is 15.2. The lowest BCUT2D eigenvalue weighted by atomic mass is 9.88. The number of nitrogens with zero attached hydrogens (tertiary/aromatic N) is 3. The fourth-order valence-electron chi connectivity index (χ4n) is 3.03. The van der Waals surface area contributed by atoms with Crippen LogP contribution in [0, 0.1) is 9.49 Å². The molecule has 3 heterocycles. The lowest BCUT2D eigenvalue weighted by Gasteiger charge is -2.26. The first-order valence-corrected chi connectivity index (χ1v) is 8.06. The summed E-state index contributed by atoms with van der Waals surface area (Å²) in [6, 6.07) is 0. The Hall–Kier alpha value is -0.960. The van der Waals surface area contributed by atoms with Gasteiger partial charge in [-0.15, -0.1) is 0 Å². The maximum Gasteiger partial charge on any atom is 0.169 e. The Labute approximate surface area is 136 Å². The summed E-state index contributed by atoms with van der Waals surface area (Å²) in [6.45, 7) is 5.51. The number of rotatable bonds is 2. The van der Waals surface area contributed by atoms with Crippen molar-refractivity contribution >= 4 is 39.4 Å². The molecule has 0 amide bonds. The molecule has 114 valence electrons. The van der Waals surface area contributed by atoms with Gasteiger partial charge in [0.15, 0.2) is 11.9 Å². The molecule has 1 saturated heterocycles. The van der Waals surface area contributed by atoms with Gasteiger partial charge in [-0.3, -0.25) is 0 Å². The van der Waals surface area contributed by atoms with Gasteiger partial charge in [-0.25, -0.2) is 14.4 Å². The van der Waals surface area contributed by atoms with Crippen LogP contribution in [0.5, 0.6) is 0 Å². The second-order valence-electron chi connectivity index (χ2n) is 5.72. The third-order valence-electron chi connectivity index (χ3n) is 4.48. The first-order valence-electron chi connectivity index (χ1n) is 6.98.